The second-order valence-corrected chi connectivity index (χ2v) is 9.75. The van der Waals surface area contributed by atoms with Crippen LogP contribution in [-0.2, 0) is 14.8 Å². The van der Waals surface area contributed by atoms with Crippen LogP contribution < -0.4 is 14.4 Å². The zero-order valence-corrected chi connectivity index (χ0v) is 20.2. The number of sulfonamides is 1. The molecule has 0 aliphatic carbocycles. The van der Waals surface area contributed by atoms with Crippen LogP contribution in [0, 0.1) is 24.0 Å². The topological polar surface area (TPSA) is 119 Å². The molecule has 0 aliphatic heterocycles. The summed E-state index contributed by atoms with van der Waals surface area (Å²) in [7, 11) is -3.09. The second kappa shape index (κ2) is 10.1. The summed E-state index contributed by atoms with van der Waals surface area (Å²) in [5, 5.41) is 14.3. The van der Waals surface area contributed by atoms with Gasteiger partial charge in [-0.3, -0.25) is 19.2 Å². The fraction of sp³-hybridized carbons (Fsp3) is 0.174. The third kappa shape index (κ3) is 5.46. The highest BCUT2D eigenvalue weighted by atomic mass is 35.5. The molecule has 0 fully saturated rings. The average Bonchev–Trinajstić information content (AvgIpc) is 2.77. The van der Waals surface area contributed by atoms with Crippen molar-refractivity contribution in [2.45, 2.75) is 18.7 Å². The maximum atomic E-state index is 13.7. The number of aryl methyl sites for hydroxylation is 2. The standard InChI is InChI=1S/C23H22ClN3O6S/c1-15-5-4-6-18(11-15)25-23(28)14-26(21-12-17(24)8-10-22(21)33-3)34(31,32)19-9-7-16(2)20(13-19)27(29)30/h4-13H,14H2,1-3H3,(H,25,28). The Labute approximate surface area is 202 Å². The molecule has 9 nitrogen and oxygen atoms in total. The minimum atomic E-state index is -4.44. The fourth-order valence-corrected chi connectivity index (χ4v) is 4.90. The van der Waals surface area contributed by atoms with Gasteiger partial charge in [-0.15, -0.1) is 0 Å². The van der Waals surface area contributed by atoms with Crippen molar-refractivity contribution in [3.05, 3.63) is 86.9 Å². The number of halogens is 1. The molecule has 0 heterocycles. The molecule has 0 aromatic heterocycles. The van der Waals surface area contributed by atoms with Crippen LogP contribution in [0.5, 0.6) is 5.75 Å². The molecule has 3 aromatic rings. The molecule has 0 saturated heterocycles. The zero-order valence-electron chi connectivity index (χ0n) is 18.6. The Morgan fingerprint density at radius 3 is 2.50 bits per heavy atom. The average molecular weight is 504 g/mol. The number of methoxy groups -OCH3 is 1. The molecule has 34 heavy (non-hydrogen) atoms. The lowest BCUT2D eigenvalue weighted by Crippen LogP contribution is -2.38. The Hall–Kier alpha value is -3.63. The predicted octanol–water partition coefficient (Wildman–Crippen LogP) is 4.71. The van der Waals surface area contributed by atoms with Crippen LogP contribution in [0.4, 0.5) is 17.1 Å². The number of carbonyl (C=O) groups is 1. The molecule has 0 unspecified atom stereocenters. The zero-order chi connectivity index (χ0) is 25.0. The van der Waals surface area contributed by atoms with Crippen LogP contribution in [0.2, 0.25) is 5.02 Å². The van der Waals surface area contributed by atoms with Crippen LogP contribution in [-0.4, -0.2) is 32.9 Å². The largest absolute Gasteiger partial charge is 0.495 e. The summed E-state index contributed by atoms with van der Waals surface area (Å²) in [6, 6.07) is 14.9. The third-order valence-corrected chi connectivity index (χ3v) is 6.95. The van der Waals surface area contributed by atoms with Gasteiger partial charge in [0.1, 0.15) is 12.3 Å². The minimum absolute atomic E-state index is 0.0117. The number of amides is 1. The Balaban J connectivity index is 2.10. The molecule has 1 N–H and O–H groups in total. The van der Waals surface area contributed by atoms with Crippen molar-refractivity contribution >= 4 is 44.6 Å². The molecule has 0 bridgehead atoms. The Morgan fingerprint density at radius 1 is 1.12 bits per heavy atom. The van der Waals surface area contributed by atoms with Crippen molar-refractivity contribution in [3.8, 4) is 5.75 Å². The number of anilines is 2. The molecular weight excluding hydrogens is 482 g/mol. The van der Waals surface area contributed by atoms with Gasteiger partial charge in [0, 0.05) is 22.3 Å². The molecule has 0 radical (unpaired) electrons. The molecule has 3 rings (SSSR count). The molecule has 11 heteroatoms. The number of rotatable bonds is 8. The number of benzene rings is 3. The first-order valence-corrected chi connectivity index (χ1v) is 11.8. The smallest absolute Gasteiger partial charge is 0.273 e. The molecular formula is C23H22ClN3O6S. The van der Waals surface area contributed by atoms with E-state index in [-0.39, 0.29) is 27.0 Å². The Morgan fingerprint density at radius 2 is 1.85 bits per heavy atom. The van der Waals surface area contributed by atoms with Crippen molar-refractivity contribution in [2.75, 3.05) is 23.3 Å². The quantitative estimate of drug-likeness (QED) is 0.351. The summed E-state index contributed by atoms with van der Waals surface area (Å²) in [5.41, 5.74) is 1.35. The summed E-state index contributed by atoms with van der Waals surface area (Å²) in [6.07, 6.45) is 0. The van der Waals surface area contributed by atoms with Crippen LogP contribution in [0.15, 0.2) is 65.6 Å². The summed E-state index contributed by atoms with van der Waals surface area (Å²) in [6.45, 7) is 2.73. The first-order chi connectivity index (χ1) is 16.0. The number of ether oxygens (including phenoxy) is 1. The van der Waals surface area contributed by atoms with E-state index in [2.05, 4.69) is 5.32 Å². The monoisotopic (exact) mass is 503 g/mol. The highest BCUT2D eigenvalue weighted by Gasteiger charge is 2.31. The Bertz CT molecular complexity index is 1360. The molecule has 0 spiro atoms. The van der Waals surface area contributed by atoms with Gasteiger partial charge < -0.3 is 10.1 Å². The fourth-order valence-electron chi connectivity index (χ4n) is 3.29. The Kier molecular flexibility index (Phi) is 7.43. The number of hydrogen-bond donors (Lipinski definition) is 1. The van der Waals surface area contributed by atoms with Crippen LogP contribution >= 0.6 is 11.6 Å². The number of hydrogen-bond acceptors (Lipinski definition) is 6. The van der Waals surface area contributed by atoms with Gasteiger partial charge in [-0.25, -0.2) is 8.42 Å². The molecule has 1 amide bonds. The molecule has 3 aromatic carbocycles. The highest BCUT2D eigenvalue weighted by Crippen LogP contribution is 2.35. The molecule has 0 saturated carbocycles. The number of nitrogens with zero attached hydrogens (tertiary/aromatic N) is 2. The first kappa shape index (κ1) is 25.0. The van der Waals surface area contributed by atoms with E-state index in [4.69, 9.17) is 16.3 Å². The van der Waals surface area contributed by atoms with Crippen molar-refractivity contribution in [1.82, 2.24) is 0 Å². The minimum Gasteiger partial charge on any atom is -0.495 e. The number of nitro benzene ring substituents is 1. The van der Waals surface area contributed by atoms with Gasteiger partial charge in [0.05, 0.1) is 22.6 Å². The van der Waals surface area contributed by atoms with Gasteiger partial charge in [-0.05, 0) is 55.8 Å². The van der Waals surface area contributed by atoms with Gasteiger partial charge in [0.25, 0.3) is 15.7 Å². The number of nitro groups is 1. The maximum Gasteiger partial charge on any atom is 0.273 e. The van der Waals surface area contributed by atoms with Gasteiger partial charge in [-0.2, -0.15) is 0 Å². The van der Waals surface area contributed by atoms with Crippen molar-refractivity contribution < 1.29 is 22.9 Å². The second-order valence-electron chi connectivity index (χ2n) is 7.45. The van der Waals surface area contributed by atoms with Crippen molar-refractivity contribution in [1.29, 1.82) is 0 Å². The van der Waals surface area contributed by atoms with E-state index in [9.17, 15) is 23.3 Å². The van der Waals surface area contributed by atoms with Gasteiger partial charge in [0.2, 0.25) is 5.91 Å². The summed E-state index contributed by atoms with van der Waals surface area (Å²) in [5.74, 6) is -0.476. The number of carbonyl (C=O) groups excluding carboxylic acids is 1. The van der Waals surface area contributed by atoms with Gasteiger partial charge in [-0.1, -0.05) is 29.8 Å². The maximum absolute atomic E-state index is 13.7. The van der Waals surface area contributed by atoms with Crippen LogP contribution in [0.3, 0.4) is 0 Å². The highest BCUT2D eigenvalue weighted by molar-refractivity contribution is 7.92. The van der Waals surface area contributed by atoms with Crippen LogP contribution in [0.1, 0.15) is 11.1 Å². The van der Waals surface area contributed by atoms with Crippen molar-refractivity contribution in [3.63, 3.8) is 0 Å². The molecule has 0 aliphatic rings. The first-order valence-electron chi connectivity index (χ1n) is 10.0. The normalized spacial score (nSPS) is 11.1. The summed E-state index contributed by atoms with van der Waals surface area (Å²) in [4.78, 5) is 23.3. The lowest BCUT2D eigenvalue weighted by molar-refractivity contribution is -0.385. The predicted molar refractivity (Wildman–Crippen MR) is 130 cm³/mol. The van der Waals surface area contributed by atoms with Crippen molar-refractivity contribution in [2.24, 2.45) is 0 Å². The third-order valence-electron chi connectivity index (χ3n) is 4.96. The van der Waals surface area contributed by atoms with E-state index in [0.29, 0.717) is 11.3 Å². The van der Waals surface area contributed by atoms with E-state index in [0.717, 1.165) is 15.9 Å². The summed E-state index contributed by atoms with van der Waals surface area (Å²) < 4.78 is 33.5. The molecule has 0 atom stereocenters. The molecule has 178 valence electrons. The van der Waals surface area contributed by atoms with Crippen LogP contribution in [0.25, 0.3) is 0 Å². The SMILES string of the molecule is COc1ccc(Cl)cc1N(CC(=O)Nc1cccc(C)c1)S(=O)(=O)c1ccc(C)c([N+](=O)[O-])c1. The van der Waals surface area contributed by atoms with E-state index in [1.807, 2.05) is 13.0 Å². The van der Waals surface area contributed by atoms with E-state index >= 15 is 0 Å². The van der Waals surface area contributed by atoms with E-state index in [1.165, 1.54) is 44.4 Å². The van der Waals surface area contributed by atoms with Gasteiger partial charge >= 0.3 is 0 Å². The number of nitrogens with one attached hydrogen (secondary N) is 1. The van der Waals surface area contributed by atoms with E-state index in [1.54, 1.807) is 18.2 Å². The van der Waals surface area contributed by atoms with E-state index < -0.39 is 27.4 Å². The van der Waals surface area contributed by atoms with Gasteiger partial charge in [0.15, 0.2) is 0 Å². The lowest BCUT2D eigenvalue weighted by atomic mass is 10.2. The lowest BCUT2D eigenvalue weighted by Gasteiger charge is -2.26. The summed E-state index contributed by atoms with van der Waals surface area (Å²) >= 11 is 6.12.